The van der Waals surface area contributed by atoms with Gasteiger partial charge in [0, 0.05) is 6.07 Å². The first-order valence-electron chi connectivity index (χ1n) is 5.16. The van der Waals surface area contributed by atoms with Crippen molar-refractivity contribution in [1.29, 1.82) is 0 Å². The third kappa shape index (κ3) is 2.98. The van der Waals surface area contributed by atoms with Gasteiger partial charge < -0.3 is 10.2 Å². The average molecular weight is 272 g/mol. The number of nitrogens with one attached hydrogen (secondary N) is 1. The molecular weight excluding hydrogens is 262 g/mol. The van der Waals surface area contributed by atoms with Crippen LogP contribution in [0.3, 0.4) is 0 Å². The van der Waals surface area contributed by atoms with Crippen molar-refractivity contribution in [1.82, 2.24) is 4.90 Å². The number of thioether (sulfide) groups is 1. The normalized spacial score (nSPS) is 15.0. The highest BCUT2D eigenvalue weighted by Crippen LogP contribution is 2.17. The summed E-state index contributed by atoms with van der Waals surface area (Å²) in [5.74, 6) is -1.24. The van der Waals surface area contributed by atoms with Crippen LogP contribution in [0.25, 0.3) is 0 Å². The van der Waals surface area contributed by atoms with Crippen molar-refractivity contribution in [3.8, 4) is 0 Å². The van der Waals surface area contributed by atoms with Crippen LogP contribution in [-0.2, 0) is 9.59 Å². The Morgan fingerprint density at radius 2 is 2.22 bits per heavy atom. The van der Waals surface area contributed by atoms with Gasteiger partial charge in [-0.15, -0.1) is 11.8 Å². The van der Waals surface area contributed by atoms with E-state index in [0.29, 0.717) is 11.6 Å². The summed E-state index contributed by atoms with van der Waals surface area (Å²) in [7, 11) is 0. The maximum Gasteiger partial charge on any atom is 0.244 e. The Morgan fingerprint density at radius 1 is 1.44 bits per heavy atom. The van der Waals surface area contributed by atoms with Gasteiger partial charge >= 0.3 is 0 Å². The van der Waals surface area contributed by atoms with Crippen LogP contribution in [-0.4, -0.2) is 34.9 Å². The second-order valence-electron chi connectivity index (χ2n) is 3.74. The van der Waals surface area contributed by atoms with E-state index in [1.54, 1.807) is 0 Å². The number of hydrogen-bond acceptors (Lipinski definition) is 3. The van der Waals surface area contributed by atoms with E-state index < -0.39 is 17.5 Å². The molecule has 0 bridgehead atoms. The number of nitrogens with zero attached hydrogens (tertiary/aromatic N) is 1. The van der Waals surface area contributed by atoms with E-state index in [1.165, 1.54) is 16.7 Å². The highest BCUT2D eigenvalue weighted by molar-refractivity contribution is 8.00. The molecule has 1 heterocycles. The summed E-state index contributed by atoms with van der Waals surface area (Å²) in [5.41, 5.74) is -0.223. The van der Waals surface area contributed by atoms with E-state index >= 15 is 0 Å². The first-order chi connectivity index (χ1) is 8.56. The quantitative estimate of drug-likeness (QED) is 0.905. The number of hydrogen-bond donors (Lipinski definition) is 1. The fourth-order valence-electron chi connectivity index (χ4n) is 1.50. The highest BCUT2D eigenvalue weighted by atomic mass is 32.2. The highest BCUT2D eigenvalue weighted by Gasteiger charge is 2.23. The molecule has 1 N–H and O–H groups in total. The van der Waals surface area contributed by atoms with Gasteiger partial charge in [0.2, 0.25) is 11.8 Å². The van der Waals surface area contributed by atoms with Gasteiger partial charge in [-0.3, -0.25) is 9.59 Å². The Labute approximate surface area is 106 Å². The minimum absolute atomic E-state index is 0.130. The van der Waals surface area contributed by atoms with Crippen LogP contribution < -0.4 is 5.32 Å². The van der Waals surface area contributed by atoms with Crippen molar-refractivity contribution in [2.45, 2.75) is 0 Å². The molecule has 2 rings (SSSR count). The number of rotatable bonds is 3. The molecule has 18 heavy (non-hydrogen) atoms. The van der Waals surface area contributed by atoms with E-state index in [1.807, 2.05) is 0 Å². The van der Waals surface area contributed by atoms with Gasteiger partial charge in [-0.05, 0) is 12.1 Å². The summed E-state index contributed by atoms with van der Waals surface area (Å²) in [6.07, 6.45) is 0. The third-order valence-corrected chi connectivity index (χ3v) is 3.31. The molecule has 4 nitrogen and oxygen atoms in total. The lowest BCUT2D eigenvalue weighted by molar-refractivity contribution is -0.130. The molecule has 7 heteroatoms. The predicted molar refractivity (Wildman–Crippen MR) is 64.0 cm³/mol. The van der Waals surface area contributed by atoms with Gasteiger partial charge in [0.25, 0.3) is 0 Å². The number of carbonyl (C=O) groups excluding carboxylic acids is 2. The predicted octanol–water partition coefficient (Wildman–Crippen LogP) is 1.44. The Balaban J connectivity index is 1.98. The van der Waals surface area contributed by atoms with Crippen molar-refractivity contribution in [2.75, 3.05) is 23.5 Å². The van der Waals surface area contributed by atoms with Crippen LogP contribution in [0.4, 0.5) is 14.5 Å². The first-order valence-corrected chi connectivity index (χ1v) is 6.32. The number of benzene rings is 1. The molecule has 96 valence electrons. The molecule has 1 aromatic rings. The van der Waals surface area contributed by atoms with Crippen LogP contribution in [0, 0.1) is 11.6 Å². The maximum absolute atomic E-state index is 13.3. The van der Waals surface area contributed by atoms with Gasteiger partial charge in [-0.25, -0.2) is 8.78 Å². The Hall–Kier alpha value is -1.63. The molecule has 0 unspecified atom stereocenters. The van der Waals surface area contributed by atoms with E-state index in [4.69, 9.17) is 0 Å². The average Bonchev–Trinajstić information content (AvgIpc) is 2.70. The van der Waals surface area contributed by atoms with Crippen molar-refractivity contribution >= 4 is 29.3 Å². The van der Waals surface area contributed by atoms with Crippen molar-refractivity contribution < 1.29 is 18.4 Å². The summed E-state index contributed by atoms with van der Waals surface area (Å²) in [5, 5.41) is 2.24. The van der Waals surface area contributed by atoms with Gasteiger partial charge in [-0.2, -0.15) is 0 Å². The van der Waals surface area contributed by atoms with Gasteiger partial charge in [0.15, 0.2) is 0 Å². The lowest BCUT2D eigenvalue weighted by Gasteiger charge is -2.14. The van der Waals surface area contributed by atoms with Crippen LogP contribution >= 0.6 is 11.8 Å². The fourth-order valence-corrected chi connectivity index (χ4v) is 2.40. The molecule has 0 aromatic heterocycles. The standard InChI is InChI=1S/C11H10F2N2O2S/c12-7-1-2-8(13)9(3-7)14-10(16)4-15-6-18-5-11(15)17/h1-3H,4-6H2,(H,14,16). The number of anilines is 1. The molecule has 0 spiro atoms. The smallest absolute Gasteiger partial charge is 0.244 e. The molecule has 0 saturated carbocycles. The zero-order valence-electron chi connectivity index (χ0n) is 9.28. The minimum atomic E-state index is -0.716. The van der Waals surface area contributed by atoms with Crippen LogP contribution in [0.15, 0.2) is 18.2 Å². The molecule has 1 aliphatic heterocycles. The monoisotopic (exact) mass is 272 g/mol. The van der Waals surface area contributed by atoms with E-state index in [2.05, 4.69) is 5.32 Å². The first kappa shape index (κ1) is 12.8. The lowest BCUT2D eigenvalue weighted by Crippen LogP contribution is -2.34. The lowest BCUT2D eigenvalue weighted by atomic mass is 10.3. The SMILES string of the molecule is O=C(CN1CSCC1=O)Nc1cc(F)ccc1F. The topological polar surface area (TPSA) is 49.4 Å². The third-order valence-electron chi connectivity index (χ3n) is 2.36. The second-order valence-corrected chi connectivity index (χ2v) is 4.70. The molecule has 1 fully saturated rings. The fraction of sp³-hybridized carbons (Fsp3) is 0.273. The van der Waals surface area contributed by atoms with Crippen LogP contribution in [0.1, 0.15) is 0 Å². The number of carbonyl (C=O) groups is 2. The minimum Gasteiger partial charge on any atom is -0.323 e. The zero-order chi connectivity index (χ0) is 13.1. The number of halogens is 2. The van der Waals surface area contributed by atoms with Gasteiger partial charge in [0.1, 0.15) is 18.2 Å². The van der Waals surface area contributed by atoms with Gasteiger partial charge in [-0.1, -0.05) is 0 Å². The maximum atomic E-state index is 13.3. The molecule has 0 radical (unpaired) electrons. The summed E-state index contributed by atoms with van der Waals surface area (Å²) in [4.78, 5) is 24.2. The molecule has 0 atom stereocenters. The molecule has 1 aliphatic rings. The van der Waals surface area contributed by atoms with E-state index in [-0.39, 0.29) is 18.1 Å². The van der Waals surface area contributed by atoms with E-state index in [0.717, 1.165) is 18.2 Å². The Bertz CT molecular complexity index is 496. The summed E-state index contributed by atoms with van der Waals surface area (Å²) in [6.45, 7) is -0.151. The molecule has 2 amide bonds. The largest absolute Gasteiger partial charge is 0.323 e. The molecule has 0 aliphatic carbocycles. The van der Waals surface area contributed by atoms with E-state index in [9.17, 15) is 18.4 Å². The summed E-state index contributed by atoms with van der Waals surface area (Å²) >= 11 is 1.41. The van der Waals surface area contributed by atoms with Crippen molar-refractivity contribution in [3.05, 3.63) is 29.8 Å². The van der Waals surface area contributed by atoms with Crippen molar-refractivity contribution in [3.63, 3.8) is 0 Å². The van der Waals surface area contributed by atoms with Gasteiger partial charge in [0.05, 0.1) is 17.3 Å². The summed E-state index contributed by atoms with van der Waals surface area (Å²) in [6, 6.07) is 2.79. The Kier molecular flexibility index (Phi) is 3.81. The molecular formula is C11H10F2N2O2S. The molecule has 1 aromatic carbocycles. The van der Waals surface area contributed by atoms with Crippen LogP contribution in [0.5, 0.6) is 0 Å². The summed E-state index contributed by atoms with van der Waals surface area (Å²) < 4.78 is 26.1. The van der Waals surface area contributed by atoms with Crippen LogP contribution in [0.2, 0.25) is 0 Å². The zero-order valence-corrected chi connectivity index (χ0v) is 10.1. The number of amides is 2. The Morgan fingerprint density at radius 3 is 2.89 bits per heavy atom. The molecule has 1 saturated heterocycles. The van der Waals surface area contributed by atoms with Crippen molar-refractivity contribution in [2.24, 2.45) is 0 Å². The second kappa shape index (κ2) is 5.34.